The van der Waals surface area contributed by atoms with E-state index in [1.165, 1.54) is 0 Å². The van der Waals surface area contributed by atoms with Crippen LogP contribution in [-0.2, 0) is 16.2 Å². The molecule has 1 heterocycles. The summed E-state index contributed by atoms with van der Waals surface area (Å²) in [5.41, 5.74) is 2.92. The van der Waals surface area contributed by atoms with Crippen LogP contribution in [0, 0.1) is 0 Å². The van der Waals surface area contributed by atoms with E-state index in [0.717, 1.165) is 16.9 Å². The van der Waals surface area contributed by atoms with Crippen molar-refractivity contribution >= 4 is 17.3 Å². The average Bonchev–Trinajstić information content (AvgIpc) is 2.51. The van der Waals surface area contributed by atoms with Gasteiger partial charge in [0.1, 0.15) is 6.54 Å². The van der Waals surface area contributed by atoms with Crippen molar-refractivity contribution in [2.45, 2.75) is 6.54 Å². The summed E-state index contributed by atoms with van der Waals surface area (Å²) in [5, 5.41) is 1.62. The van der Waals surface area contributed by atoms with Crippen LogP contribution in [0.1, 0.15) is 5.56 Å². The first-order chi connectivity index (χ1) is 9.79. The van der Waals surface area contributed by atoms with E-state index in [2.05, 4.69) is 0 Å². The molecule has 0 aromatic heterocycles. The molecule has 0 aliphatic carbocycles. The van der Waals surface area contributed by atoms with Crippen LogP contribution in [0.15, 0.2) is 54.6 Å². The molecule has 2 aromatic rings. The third kappa shape index (κ3) is 2.26. The van der Waals surface area contributed by atoms with Crippen LogP contribution in [0.2, 0.25) is 0 Å². The van der Waals surface area contributed by atoms with Crippen LogP contribution in [-0.4, -0.2) is 19.6 Å². The maximum Gasteiger partial charge on any atom is 0.249 e. The first-order valence-electron chi connectivity index (χ1n) is 6.54. The molecule has 0 unspecified atom stereocenters. The largest absolute Gasteiger partial charge is 0.304 e. The number of fused-ring (bicyclic) bond motifs is 1. The zero-order valence-electron chi connectivity index (χ0n) is 11.3. The fourth-order valence-corrected chi connectivity index (χ4v) is 2.43. The van der Waals surface area contributed by atoms with E-state index in [1.54, 1.807) is 17.1 Å². The van der Waals surface area contributed by atoms with Gasteiger partial charge in [0.25, 0.3) is 0 Å². The van der Waals surface area contributed by atoms with Gasteiger partial charge in [-0.25, -0.2) is 5.06 Å². The van der Waals surface area contributed by atoms with Crippen molar-refractivity contribution in [1.29, 1.82) is 0 Å². The van der Waals surface area contributed by atoms with Gasteiger partial charge in [0.05, 0.1) is 25.0 Å². The number of hydrogen-bond donors (Lipinski definition) is 0. The Bertz CT molecular complexity index is 613. The molecular formula is C16H16N2O2. The van der Waals surface area contributed by atoms with Crippen molar-refractivity contribution in [2.24, 2.45) is 0 Å². The average molecular weight is 268 g/mol. The molecule has 102 valence electrons. The van der Waals surface area contributed by atoms with Gasteiger partial charge in [-0.2, -0.15) is 0 Å². The van der Waals surface area contributed by atoms with E-state index < -0.39 is 0 Å². The van der Waals surface area contributed by atoms with Crippen molar-refractivity contribution in [3.8, 4) is 0 Å². The number of hydroxylamine groups is 1. The molecule has 2 aromatic carbocycles. The quantitative estimate of drug-likeness (QED) is 0.857. The monoisotopic (exact) mass is 268 g/mol. The summed E-state index contributed by atoms with van der Waals surface area (Å²) < 4.78 is 0. The molecule has 4 heteroatoms. The van der Waals surface area contributed by atoms with Gasteiger partial charge in [0.2, 0.25) is 5.91 Å². The number of nitrogens with zero attached hydrogens (tertiary/aromatic N) is 2. The SMILES string of the molecule is CON1CC(=O)N(Cc2ccccc2)c2ccccc21. The summed E-state index contributed by atoms with van der Waals surface area (Å²) in [5.74, 6) is 0.0365. The Morgan fingerprint density at radius 1 is 1.00 bits per heavy atom. The molecule has 0 atom stereocenters. The van der Waals surface area contributed by atoms with Gasteiger partial charge < -0.3 is 4.90 Å². The Hall–Kier alpha value is -2.33. The molecule has 0 bridgehead atoms. The highest BCUT2D eigenvalue weighted by Crippen LogP contribution is 2.34. The van der Waals surface area contributed by atoms with Gasteiger partial charge in [0, 0.05) is 0 Å². The second kappa shape index (κ2) is 5.35. The topological polar surface area (TPSA) is 32.8 Å². The molecule has 20 heavy (non-hydrogen) atoms. The number of carbonyl (C=O) groups is 1. The Labute approximate surface area is 118 Å². The van der Waals surface area contributed by atoms with Gasteiger partial charge in [0.15, 0.2) is 0 Å². The van der Waals surface area contributed by atoms with E-state index in [-0.39, 0.29) is 12.5 Å². The molecule has 0 saturated carbocycles. The van der Waals surface area contributed by atoms with Crippen LogP contribution in [0.4, 0.5) is 11.4 Å². The van der Waals surface area contributed by atoms with E-state index in [1.807, 2.05) is 54.6 Å². The summed E-state index contributed by atoms with van der Waals surface area (Å²) in [6, 6.07) is 17.8. The lowest BCUT2D eigenvalue weighted by atomic mass is 10.1. The highest BCUT2D eigenvalue weighted by Gasteiger charge is 2.29. The Balaban J connectivity index is 1.96. The fourth-order valence-electron chi connectivity index (χ4n) is 2.43. The van der Waals surface area contributed by atoms with Crippen LogP contribution in [0.3, 0.4) is 0 Å². The zero-order chi connectivity index (χ0) is 13.9. The van der Waals surface area contributed by atoms with Crippen LogP contribution in [0.5, 0.6) is 0 Å². The van der Waals surface area contributed by atoms with Crippen LogP contribution >= 0.6 is 0 Å². The number of hydrogen-bond acceptors (Lipinski definition) is 3. The second-order valence-electron chi connectivity index (χ2n) is 4.67. The first-order valence-corrected chi connectivity index (χ1v) is 6.54. The summed E-state index contributed by atoms with van der Waals surface area (Å²) in [4.78, 5) is 19.4. The smallest absolute Gasteiger partial charge is 0.249 e. The molecule has 0 saturated heterocycles. The van der Waals surface area contributed by atoms with Crippen molar-refractivity contribution in [1.82, 2.24) is 0 Å². The van der Waals surface area contributed by atoms with Gasteiger partial charge >= 0.3 is 0 Å². The Kier molecular flexibility index (Phi) is 3.39. The number of rotatable bonds is 3. The van der Waals surface area contributed by atoms with Gasteiger partial charge in [-0.1, -0.05) is 42.5 Å². The normalized spacial score (nSPS) is 14.3. The van der Waals surface area contributed by atoms with Crippen molar-refractivity contribution in [3.63, 3.8) is 0 Å². The molecule has 0 radical (unpaired) electrons. The van der Waals surface area contributed by atoms with E-state index in [0.29, 0.717) is 6.54 Å². The zero-order valence-corrected chi connectivity index (χ0v) is 11.3. The number of carbonyl (C=O) groups excluding carboxylic acids is 1. The predicted molar refractivity (Wildman–Crippen MR) is 78.4 cm³/mol. The van der Waals surface area contributed by atoms with Crippen molar-refractivity contribution in [3.05, 3.63) is 60.2 Å². The summed E-state index contributed by atoms with van der Waals surface area (Å²) in [6.07, 6.45) is 0. The lowest BCUT2D eigenvalue weighted by molar-refractivity contribution is -0.118. The van der Waals surface area contributed by atoms with E-state index in [4.69, 9.17) is 4.84 Å². The van der Waals surface area contributed by atoms with Crippen LogP contribution < -0.4 is 9.96 Å². The van der Waals surface area contributed by atoms with Gasteiger partial charge in [-0.05, 0) is 17.7 Å². The van der Waals surface area contributed by atoms with Gasteiger partial charge in [-0.15, -0.1) is 0 Å². The highest BCUT2D eigenvalue weighted by molar-refractivity contribution is 6.02. The number of amides is 1. The minimum absolute atomic E-state index is 0.0365. The minimum atomic E-state index is 0.0365. The molecule has 0 spiro atoms. The minimum Gasteiger partial charge on any atom is -0.304 e. The fraction of sp³-hybridized carbons (Fsp3) is 0.188. The number of anilines is 2. The third-order valence-corrected chi connectivity index (χ3v) is 3.43. The molecule has 4 nitrogen and oxygen atoms in total. The van der Waals surface area contributed by atoms with E-state index in [9.17, 15) is 4.79 Å². The van der Waals surface area contributed by atoms with E-state index >= 15 is 0 Å². The van der Waals surface area contributed by atoms with Crippen LogP contribution in [0.25, 0.3) is 0 Å². The summed E-state index contributed by atoms with van der Waals surface area (Å²) >= 11 is 0. The molecule has 1 aliphatic rings. The lowest BCUT2D eigenvalue weighted by Crippen LogP contribution is -2.45. The molecule has 1 aliphatic heterocycles. The van der Waals surface area contributed by atoms with Crippen molar-refractivity contribution in [2.75, 3.05) is 23.6 Å². The maximum absolute atomic E-state index is 12.3. The Morgan fingerprint density at radius 2 is 1.65 bits per heavy atom. The molecular weight excluding hydrogens is 252 g/mol. The second-order valence-corrected chi connectivity index (χ2v) is 4.67. The predicted octanol–water partition coefficient (Wildman–Crippen LogP) is 2.60. The molecule has 0 fully saturated rings. The number of para-hydroxylation sites is 2. The summed E-state index contributed by atoms with van der Waals surface area (Å²) in [7, 11) is 1.58. The molecule has 3 rings (SSSR count). The van der Waals surface area contributed by atoms with Crippen molar-refractivity contribution < 1.29 is 9.63 Å². The maximum atomic E-state index is 12.3. The molecule has 0 N–H and O–H groups in total. The highest BCUT2D eigenvalue weighted by atomic mass is 16.7. The van der Waals surface area contributed by atoms with Gasteiger partial charge in [-0.3, -0.25) is 9.63 Å². The summed E-state index contributed by atoms with van der Waals surface area (Å²) in [6.45, 7) is 0.814. The first kappa shape index (κ1) is 12.7. The molecule has 1 amide bonds. The standard InChI is InChI=1S/C16H16N2O2/c1-20-18-12-16(19)17(11-13-7-3-2-4-8-13)14-9-5-6-10-15(14)18/h2-10H,11-12H2,1H3. The number of benzene rings is 2. The lowest BCUT2D eigenvalue weighted by Gasteiger charge is -2.35. The third-order valence-electron chi connectivity index (χ3n) is 3.43. The Morgan fingerprint density at radius 3 is 2.35 bits per heavy atom.